The Kier molecular flexibility index (Phi) is 5.16. The molecule has 0 atom stereocenters. The molecule has 1 aliphatic heterocycles. The number of ether oxygens (including phenoxy) is 1. The maximum absolute atomic E-state index is 11.9. The number of hydrogen-bond acceptors (Lipinski definition) is 4. The zero-order chi connectivity index (χ0) is 15.2. The lowest BCUT2D eigenvalue weighted by Crippen LogP contribution is -2.54. The molecule has 1 aliphatic rings. The second-order valence-corrected chi connectivity index (χ2v) is 4.92. The van der Waals surface area contributed by atoms with E-state index in [0.29, 0.717) is 26.2 Å². The van der Waals surface area contributed by atoms with Gasteiger partial charge in [0.1, 0.15) is 12.4 Å². The number of benzene rings is 1. The Balaban J connectivity index is 1.83. The van der Waals surface area contributed by atoms with Gasteiger partial charge in [0.05, 0.1) is 19.6 Å². The van der Waals surface area contributed by atoms with Crippen LogP contribution in [0.2, 0.25) is 0 Å². The molecule has 0 bridgehead atoms. The Morgan fingerprint density at radius 2 is 1.90 bits per heavy atom. The van der Waals surface area contributed by atoms with E-state index in [4.69, 9.17) is 10.5 Å². The van der Waals surface area contributed by atoms with Crippen LogP contribution in [0.4, 0.5) is 0 Å². The molecule has 2 rings (SSSR count). The van der Waals surface area contributed by atoms with Gasteiger partial charge in [-0.05, 0) is 24.6 Å². The van der Waals surface area contributed by atoms with Crippen molar-refractivity contribution < 1.29 is 14.3 Å². The standard InChI is InChI=1S/C15H21N3O3/c1-2-17-10-15(20)18(11-14(17)19)6-7-21-13-5-3-4-12(8-13)9-16/h3-5,8H,2,6-7,9-11,16H2,1H3. The molecule has 0 aromatic heterocycles. The molecule has 0 saturated carbocycles. The van der Waals surface area contributed by atoms with Crippen molar-refractivity contribution in [3.8, 4) is 5.75 Å². The molecule has 6 heteroatoms. The maximum atomic E-state index is 11.9. The zero-order valence-corrected chi connectivity index (χ0v) is 12.2. The number of hydrogen-bond donors (Lipinski definition) is 1. The van der Waals surface area contributed by atoms with Crippen LogP contribution in [0.25, 0.3) is 0 Å². The molecule has 1 aromatic rings. The molecule has 0 unspecified atom stereocenters. The van der Waals surface area contributed by atoms with Crippen LogP contribution in [0.5, 0.6) is 5.75 Å². The predicted octanol–water partition coefficient (Wildman–Crippen LogP) is 0.215. The molecule has 1 aromatic carbocycles. The first-order valence-electron chi connectivity index (χ1n) is 7.11. The number of likely N-dealkylation sites (N-methyl/N-ethyl adjacent to an activating group) is 1. The number of carbonyl (C=O) groups excluding carboxylic acids is 2. The number of nitrogens with two attached hydrogens (primary N) is 1. The molecule has 1 fully saturated rings. The summed E-state index contributed by atoms with van der Waals surface area (Å²) in [5, 5.41) is 0. The summed E-state index contributed by atoms with van der Waals surface area (Å²) in [6.07, 6.45) is 0. The second kappa shape index (κ2) is 7.08. The van der Waals surface area contributed by atoms with Gasteiger partial charge in [-0.3, -0.25) is 9.59 Å². The van der Waals surface area contributed by atoms with E-state index in [1.165, 1.54) is 0 Å². The Labute approximate surface area is 124 Å². The zero-order valence-electron chi connectivity index (χ0n) is 12.2. The van der Waals surface area contributed by atoms with Gasteiger partial charge in [-0.2, -0.15) is 0 Å². The monoisotopic (exact) mass is 291 g/mol. The maximum Gasteiger partial charge on any atom is 0.242 e. The first-order chi connectivity index (χ1) is 10.1. The Morgan fingerprint density at radius 1 is 1.19 bits per heavy atom. The van der Waals surface area contributed by atoms with Gasteiger partial charge >= 0.3 is 0 Å². The smallest absolute Gasteiger partial charge is 0.242 e. The van der Waals surface area contributed by atoms with Crippen molar-refractivity contribution >= 4 is 11.8 Å². The van der Waals surface area contributed by atoms with Crippen molar-refractivity contribution in [1.29, 1.82) is 0 Å². The molecule has 6 nitrogen and oxygen atoms in total. The minimum Gasteiger partial charge on any atom is -0.492 e. The molecular formula is C15H21N3O3. The largest absolute Gasteiger partial charge is 0.492 e. The molecular weight excluding hydrogens is 270 g/mol. The van der Waals surface area contributed by atoms with Crippen LogP contribution in [0.3, 0.4) is 0 Å². The topological polar surface area (TPSA) is 75.9 Å². The number of carbonyl (C=O) groups is 2. The highest BCUT2D eigenvalue weighted by Gasteiger charge is 2.28. The summed E-state index contributed by atoms with van der Waals surface area (Å²) in [5.74, 6) is 0.682. The highest BCUT2D eigenvalue weighted by molar-refractivity contribution is 5.92. The molecule has 21 heavy (non-hydrogen) atoms. The third kappa shape index (κ3) is 3.95. The van der Waals surface area contributed by atoms with Gasteiger partial charge in [0, 0.05) is 13.1 Å². The summed E-state index contributed by atoms with van der Waals surface area (Å²) in [4.78, 5) is 26.8. The van der Waals surface area contributed by atoms with Crippen molar-refractivity contribution in [2.24, 2.45) is 5.73 Å². The fourth-order valence-electron chi connectivity index (χ4n) is 2.23. The minimum atomic E-state index is -0.0317. The summed E-state index contributed by atoms with van der Waals surface area (Å²) in [5.41, 5.74) is 6.57. The predicted molar refractivity (Wildman–Crippen MR) is 78.7 cm³/mol. The van der Waals surface area contributed by atoms with Crippen LogP contribution in [0.15, 0.2) is 24.3 Å². The first kappa shape index (κ1) is 15.3. The number of rotatable bonds is 6. The summed E-state index contributed by atoms with van der Waals surface area (Å²) in [7, 11) is 0. The van der Waals surface area contributed by atoms with Crippen LogP contribution in [-0.4, -0.2) is 54.4 Å². The van der Waals surface area contributed by atoms with Crippen LogP contribution in [0.1, 0.15) is 12.5 Å². The van der Waals surface area contributed by atoms with Gasteiger partial charge in [0.2, 0.25) is 11.8 Å². The molecule has 0 aliphatic carbocycles. The van der Waals surface area contributed by atoms with Gasteiger partial charge in [-0.1, -0.05) is 12.1 Å². The van der Waals surface area contributed by atoms with E-state index in [9.17, 15) is 9.59 Å². The third-order valence-electron chi connectivity index (χ3n) is 3.50. The molecule has 114 valence electrons. The highest BCUT2D eigenvalue weighted by atomic mass is 16.5. The number of nitrogens with zero attached hydrogens (tertiary/aromatic N) is 2. The van der Waals surface area contributed by atoms with E-state index in [1.54, 1.807) is 9.80 Å². The summed E-state index contributed by atoms with van der Waals surface area (Å²) in [6, 6.07) is 7.54. The van der Waals surface area contributed by atoms with E-state index in [0.717, 1.165) is 11.3 Å². The van der Waals surface area contributed by atoms with Crippen LogP contribution in [-0.2, 0) is 16.1 Å². The van der Waals surface area contributed by atoms with Crippen LogP contribution in [0, 0.1) is 0 Å². The van der Waals surface area contributed by atoms with Crippen molar-refractivity contribution in [2.45, 2.75) is 13.5 Å². The summed E-state index contributed by atoms with van der Waals surface area (Å²) >= 11 is 0. The molecule has 1 saturated heterocycles. The normalized spacial score (nSPS) is 15.5. The highest BCUT2D eigenvalue weighted by Crippen LogP contribution is 2.13. The van der Waals surface area contributed by atoms with Gasteiger partial charge in [0.15, 0.2) is 0 Å². The number of amides is 2. The Morgan fingerprint density at radius 3 is 2.62 bits per heavy atom. The fourth-order valence-corrected chi connectivity index (χ4v) is 2.23. The first-order valence-corrected chi connectivity index (χ1v) is 7.11. The molecule has 0 spiro atoms. The van der Waals surface area contributed by atoms with Crippen molar-refractivity contribution in [3.63, 3.8) is 0 Å². The average molecular weight is 291 g/mol. The lowest BCUT2D eigenvalue weighted by Gasteiger charge is -2.33. The van der Waals surface area contributed by atoms with Crippen LogP contribution < -0.4 is 10.5 Å². The quantitative estimate of drug-likeness (QED) is 0.813. The molecule has 0 radical (unpaired) electrons. The average Bonchev–Trinajstić information content (AvgIpc) is 2.50. The van der Waals surface area contributed by atoms with Gasteiger partial charge in [-0.15, -0.1) is 0 Å². The fraction of sp³-hybridized carbons (Fsp3) is 0.467. The molecule has 2 amide bonds. The van der Waals surface area contributed by atoms with Gasteiger partial charge < -0.3 is 20.3 Å². The lowest BCUT2D eigenvalue weighted by atomic mass is 10.2. The SMILES string of the molecule is CCN1CC(=O)N(CCOc2cccc(CN)c2)CC1=O. The second-order valence-electron chi connectivity index (χ2n) is 4.92. The van der Waals surface area contributed by atoms with Gasteiger partial charge in [-0.25, -0.2) is 0 Å². The van der Waals surface area contributed by atoms with Crippen molar-refractivity contribution in [1.82, 2.24) is 9.80 Å². The molecule has 2 N–H and O–H groups in total. The lowest BCUT2D eigenvalue weighted by molar-refractivity contribution is -0.150. The van der Waals surface area contributed by atoms with Crippen LogP contribution >= 0.6 is 0 Å². The van der Waals surface area contributed by atoms with Crippen molar-refractivity contribution in [3.05, 3.63) is 29.8 Å². The van der Waals surface area contributed by atoms with E-state index < -0.39 is 0 Å². The number of piperazine rings is 1. The third-order valence-corrected chi connectivity index (χ3v) is 3.50. The minimum absolute atomic E-state index is 0.0118. The van der Waals surface area contributed by atoms with E-state index in [2.05, 4.69) is 0 Å². The van der Waals surface area contributed by atoms with Crippen molar-refractivity contribution in [2.75, 3.05) is 32.8 Å². The summed E-state index contributed by atoms with van der Waals surface area (Å²) in [6.45, 7) is 3.98. The molecule has 1 heterocycles. The van der Waals surface area contributed by atoms with E-state index >= 15 is 0 Å². The van der Waals surface area contributed by atoms with Gasteiger partial charge in [0.25, 0.3) is 0 Å². The Hall–Kier alpha value is -2.08. The van der Waals surface area contributed by atoms with E-state index in [1.807, 2.05) is 31.2 Å². The van der Waals surface area contributed by atoms with E-state index in [-0.39, 0.29) is 24.9 Å². The summed E-state index contributed by atoms with van der Waals surface area (Å²) < 4.78 is 5.61. The Bertz CT molecular complexity index is 519.